The summed E-state index contributed by atoms with van der Waals surface area (Å²) < 4.78 is 0. The summed E-state index contributed by atoms with van der Waals surface area (Å²) in [7, 11) is 0. The van der Waals surface area contributed by atoms with Gasteiger partial charge in [-0.1, -0.05) is 11.6 Å². The van der Waals surface area contributed by atoms with Gasteiger partial charge in [-0.15, -0.1) is 11.8 Å². The Morgan fingerprint density at radius 3 is 3.09 bits per heavy atom. The molecule has 0 aliphatic carbocycles. The minimum Gasteiger partial charge on any atom is -0.356 e. The first-order valence-electron chi connectivity index (χ1n) is 7.86. The summed E-state index contributed by atoms with van der Waals surface area (Å²) in [5.41, 5.74) is 0.720. The van der Waals surface area contributed by atoms with Gasteiger partial charge in [0, 0.05) is 22.9 Å². The topological polar surface area (TPSA) is 70.2 Å². The number of carbonyl (C=O) groups excluding carboxylic acids is 2. The van der Waals surface area contributed by atoms with Crippen molar-refractivity contribution in [3.8, 4) is 0 Å². The maximum atomic E-state index is 12.1. The second kappa shape index (κ2) is 7.55. The van der Waals surface area contributed by atoms with E-state index in [1.165, 1.54) is 11.8 Å². The number of piperidine rings is 1. The standard InChI is InChI=1S/C16H20ClN3O2S/c17-11-3-4-13-12(6-11)20-16(22)14(23-13)7-15(21)19-9-10-2-1-5-18-8-10/h3-4,6,10,14,18H,1-2,5,7-9H2,(H,19,21)(H,20,22). The molecule has 2 unspecified atom stereocenters. The number of nitrogens with one attached hydrogen (secondary N) is 3. The molecule has 0 radical (unpaired) electrons. The van der Waals surface area contributed by atoms with Crippen molar-refractivity contribution in [3.05, 3.63) is 23.2 Å². The molecule has 0 bridgehead atoms. The van der Waals surface area contributed by atoms with Crippen LogP contribution in [0, 0.1) is 5.92 Å². The molecular weight excluding hydrogens is 334 g/mol. The van der Waals surface area contributed by atoms with Crippen molar-refractivity contribution >= 4 is 40.9 Å². The molecule has 2 atom stereocenters. The first-order chi connectivity index (χ1) is 11.1. The van der Waals surface area contributed by atoms with Crippen molar-refractivity contribution in [1.29, 1.82) is 0 Å². The maximum Gasteiger partial charge on any atom is 0.238 e. The SMILES string of the molecule is O=C(CC1Sc2ccc(Cl)cc2NC1=O)NCC1CCCNC1. The fourth-order valence-electron chi connectivity index (χ4n) is 2.85. The molecule has 3 rings (SSSR count). The first kappa shape index (κ1) is 16.6. The first-order valence-corrected chi connectivity index (χ1v) is 9.12. The molecule has 0 spiro atoms. The van der Waals surface area contributed by atoms with Crippen molar-refractivity contribution in [3.63, 3.8) is 0 Å². The van der Waals surface area contributed by atoms with Crippen molar-refractivity contribution < 1.29 is 9.59 Å². The molecule has 1 aromatic rings. The number of benzene rings is 1. The van der Waals surface area contributed by atoms with Gasteiger partial charge < -0.3 is 16.0 Å². The van der Waals surface area contributed by atoms with E-state index in [1.807, 2.05) is 6.07 Å². The molecule has 124 valence electrons. The van der Waals surface area contributed by atoms with Crippen LogP contribution < -0.4 is 16.0 Å². The molecule has 1 saturated heterocycles. The summed E-state index contributed by atoms with van der Waals surface area (Å²) in [6.45, 7) is 2.69. The molecule has 5 nitrogen and oxygen atoms in total. The lowest BCUT2D eigenvalue weighted by atomic mass is 10.00. The molecule has 0 saturated carbocycles. The van der Waals surface area contributed by atoms with Crippen molar-refractivity contribution in [1.82, 2.24) is 10.6 Å². The van der Waals surface area contributed by atoms with Crippen LogP contribution in [0.25, 0.3) is 0 Å². The van der Waals surface area contributed by atoms with Gasteiger partial charge >= 0.3 is 0 Å². The van der Waals surface area contributed by atoms with Crippen LogP contribution in [0.2, 0.25) is 5.02 Å². The fraction of sp³-hybridized carbons (Fsp3) is 0.500. The van der Waals surface area contributed by atoms with Gasteiger partial charge in [0.2, 0.25) is 11.8 Å². The summed E-state index contributed by atoms with van der Waals surface area (Å²) in [5, 5.41) is 9.31. The molecule has 0 aromatic heterocycles. The quantitative estimate of drug-likeness (QED) is 0.776. The monoisotopic (exact) mass is 353 g/mol. The summed E-state index contributed by atoms with van der Waals surface area (Å²) in [6.07, 6.45) is 2.49. The number of thioether (sulfide) groups is 1. The summed E-state index contributed by atoms with van der Waals surface area (Å²) in [4.78, 5) is 25.2. The summed E-state index contributed by atoms with van der Waals surface area (Å²) in [6, 6.07) is 5.40. The van der Waals surface area contributed by atoms with Crippen LogP contribution in [0.3, 0.4) is 0 Å². The van der Waals surface area contributed by atoms with Crippen molar-refractivity contribution in [2.75, 3.05) is 25.0 Å². The Labute approximate surface area is 144 Å². The Kier molecular flexibility index (Phi) is 5.46. The molecule has 2 aliphatic heterocycles. The zero-order valence-electron chi connectivity index (χ0n) is 12.7. The van der Waals surface area contributed by atoms with Gasteiger partial charge in [-0.2, -0.15) is 0 Å². The lowest BCUT2D eigenvalue weighted by Gasteiger charge is -2.25. The number of fused-ring (bicyclic) bond motifs is 1. The van der Waals surface area contributed by atoms with Crippen LogP contribution in [0.15, 0.2) is 23.1 Å². The predicted octanol–water partition coefficient (Wildman–Crippen LogP) is 2.26. The lowest BCUT2D eigenvalue weighted by molar-refractivity contribution is -0.124. The Hall–Kier alpha value is -1.24. The highest BCUT2D eigenvalue weighted by Crippen LogP contribution is 2.38. The van der Waals surface area contributed by atoms with Gasteiger partial charge in [-0.25, -0.2) is 0 Å². The van der Waals surface area contributed by atoms with Gasteiger partial charge in [0.25, 0.3) is 0 Å². The van der Waals surface area contributed by atoms with Gasteiger partial charge in [-0.3, -0.25) is 9.59 Å². The third-order valence-corrected chi connectivity index (χ3v) is 5.63. The number of hydrogen-bond acceptors (Lipinski definition) is 4. The maximum absolute atomic E-state index is 12.1. The average Bonchev–Trinajstić information content (AvgIpc) is 2.55. The van der Waals surface area contributed by atoms with E-state index in [0.717, 1.165) is 36.5 Å². The van der Waals surface area contributed by atoms with Crippen molar-refractivity contribution in [2.45, 2.75) is 29.4 Å². The van der Waals surface area contributed by atoms with Crippen molar-refractivity contribution in [2.24, 2.45) is 5.92 Å². The second-order valence-corrected chi connectivity index (χ2v) is 7.64. The Bertz CT molecular complexity index is 605. The average molecular weight is 354 g/mol. The van der Waals surface area contributed by atoms with E-state index >= 15 is 0 Å². The van der Waals surface area contributed by atoms with E-state index in [1.54, 1.807) is 12.1 Å². The molecule has 23 heavy (non-hydrogen) atoms. The smallest absolute Gasteiger partial charge is 0.238 e. The van der Waals surface area contributed by atoms with Gasteiger partial charge in [0.15, 0.2) is 0 Å². The molecule has 1 fully saturated rings. The lowest BCUT2D eigenvalue weighted by Crippen LogP contribution is -2.40. The number of anilines is 1. The second-order valence-electron chi connectivity index (χ2n) is 5.96. The summed E-state index contributed by atoms with van der Waals surface area (Å²) >= 11 is 7.35. The van der Waals surface area contributed by atoms with Gasteiger partial charge in [-0.05, 0) is 50.0 Å². The van der Waals surface area contributed by atoms with Crippen LogP contribution in [-0.4, -0.2) is 36.7 Å². The third-order valence-electron chi connectivity index (χ3n) is 4.12. The van der Waals surface area contributed by atoms with E-state index < -0.39 is 5.25 Å². The number of hydrogen-bond donors (Lipinski definition) is 3. The highest BCUT2D eigenvalue weighted by atomic mass is 35.5. The molecule has 1 aromatic carbocycles. The zero-order valence-corrected chi connectivity index (χ0v) is 14.3. The molecule has 7 heteroatoms. The largest absolute Gasteiger partial charge is 0.356 e. The van der Waals surface area contributed by atoms with Crippen LogP contribution in [-0.2, 0) is 9.59 Å². The number of halogens is 1. The van der Waals surface area contributed by atoms with E-state index in [4.69, 9.17) is 11.6 Å². The minimum atomic E-state index is -0.395. The van der Waals surface area contributed by atoms with Crippen LogP contribution in [0.4, 0.5) is 5.69 Å². The highest BCUT2D eigenvalue weighted by molar-refractivity contribution is 8.01. The molecule has 3 N–H and O–H groups in total. The van der Waals surface area contributed by atoms with Crippen LogP contribution >= 0.6 is 23.4 Å². The summed E-state index contributed by atoms with van der Waals surface area (Å²) in [5.74, 6) is 0.281. The number of amides is 2. The molecule has 2 aliphatic rings. The third kappa shape index (κ3) is 4.40. The van der Waals surface area contributed by atoms with E-state index in [2.05, 4.69) is 16.0 Å². The van der Waals surface area contributed by atoms with Gasteiger partial charge in [0.05, 0.1) is 10.9 Å². The van der Waals surface area contributed by atoms with Crippen LogP contribution in [0.5, 0.6) is 0 Å². The van der Waals surface area contributed by atoms with Gasteiger partial charge in [0.1, 0.15) is 0 Å². The van der Waals surface area contributed by atoms with E-state index in [0.29, 0.717) is 17.5 Å². The normalized spacial score (nSPS) is 23.8. The Morgan fingerprint density at radius 1 is 1.43 bits per heavy atom. The molecule has 2 heterocycles. The van der Waals surface area contributed by atoms with Crippen LogP contribution in [0.1, 0.15) is 19.3 Å². The van der Waals surface area contributed by atoms with E-state index in [-0.39, 0.29) is 18.2 Å². The molecular formula is C16H20ClN3O2S. The minimum absolute atomic E-state index is 0.0689. The van der Waals surface area contributed by atoms with E-state index in [9.17, 15) is 9.59 Å². The predicted molar refractivity (Wildman–Crippen MR) is 92.9 cm³/mol. The fourth-order valence-corrected chi connectivity index (χ4v) is 4.12. The Balaban J connectivity index is 1.52. The number of rotatable bonds is 4. The molecule has 2 amide bonds. The highest BCUT2D eigenvalue weighted by Gasteiger charge is 2.29. The number of carbonyl (C=O) groups is 2. The zero-order chi connectivity index (χ0) is 16.2. The Morgan fingerprint density at radius 2 is 2.30 bits per heavy atom.